The van der Waals surface area contributed by atoms with Crippen LogP contribution in [0, 0.1) is 11.3 Å². The van der Waals surface area contributed by atoms with Gasteiger partial charge in [0.1, 0.15) is 11.1 Å². The molecule has 1 unspecified atom stereocenters. The molecular formula is C24H16Cl2N4OS2. The van der Waals surface area contributed by atoms with Crippen molar-refractivity contribution in [3.8, 4) is 28.6 Å². The number of nitrogens with one attached hydrogen (secondary N) is 1. The maximum Gasteiger partial charge on any atom is 0.239 e. The van der Waals surface area contributed by atoms with Gasteiger partial charge in [0.15, 0.2) is 5.13 Å². The van der Waals surface area contributed by atoms with Crippen molar-refractivity contribution in [3.05, 3.63) is 81.7 Å². The lowest BCUT2D eigenvalue weighted by Gasteiger charge is -2.12. The van der Waals surface area contributed by atoms with Gasteiger partial charge in [0.25, 0.3) is 0 Å². The lowest BCUT2D eigenvalue weighted by Crippen LogP contribution is -2.22. The van der Waals surface area contributed by atoms with Crippen LogP contribution in [0.5, 0.6) is 0 Å². The Morgan fingerprint density at radius 2 is 1.58 bits per heavy atom. The van der Waals surface area contributed by atoms with E-state index in [0.717, 1.165) is 16.8 Å². The molecule has 1 N–H and O–H groups in total. The van der Waals surface area contributed by atoms with Gasteiger partial charge in [-0.1, -0.05) is 59.2 Å². The number of thioether (sulfide) groups is 1. The van der Waals surface area contributed by atoms with E-state index < -0.39 is 5.25 Å². The first kappa shape index (κ1) is 23.3. The van der Waals surface area contributed by atoms with Gasteiger partial charge in [0, 0.05) is 26.6 Å². The van der Waals surface area contributed by atoms with Crippen molar-refractivity contribution < 1.29 is 4.79 Å². The minimum Gasteiger partial charge on any atom is -0.301 e. The van der Waals surface area contributed by atoms with E-state index in [0.29, 0.717) is 31.5 Å². The standard InChI is InChI=1S/C24H16Cl2N4OS2/c1-14(22(31)30-24-29-21(13-32-24)16-4-9-19(26)10-5-16)33-23-17(12-27)6-11-20(28-23)15-2-7-18(25)8-3-15/h2-11,13-14H,1H3,(H,29,30,31). The SMILES string of the molecule is CC(Sc1nc(-c2ccc(Cl)cc2)ccc1C#N)C(=O)Nc1nc(-c2ccc(Cl)cc2)cs1. The van der Waals surface area contributed by atoms with Crippen LogP contribution in [0.4, 0.5) is 5.13 Å². The number of aromatic nitrogens is 2. The van der Waals surface area contributed by atoms with Crippen molar-refractivity contribution in [2.75, 3.05) is 5.32 Å². The molecule has 0 aliphatic rings. The van der Waals surface area contributed by atoms with E-state index >= 15 is 0 Å². The fourth-order valence-electron chi connectivity index (χ4n) is 2.91. The average molecular weight is 511 g/mol. The number of amides is 1. The van der Waals surface area contributed by atoms with Crippen LogP contribution >= 0.6 is 46.3 Å². The lowest BCUT2D eigenvalue weighted by atomic mass is 10.1. The summed E-state index contributed by atoms with van der Waals surface area (Å²) >= 11 is 14.5. The fourth-order valence-corrected chi connectivity index (χ4v) is 4.78. The van der Waals surface area contributed by atoms with Crippen LogP contribution in [0.25, 0.3) is 22.5 Å². The second kappa shape index (κ2) is 10.4. The van der Waals surface area contributed by atoms with Crippen molar-refractivity contribution in [2.24, 2.45) is 0 Å². The minimum absolute atomic E-state index is 0.223. The van der Waals surface area contributed by atoms with Gasteiger partial charge < -0.3 is 5.32 Å². The number of rotatable bonds is 6. The molecule has 0 fully saturated rings. The monoisotopic (exact) mass is 510 g/mol. The van der Waals surface area contributed by atoms with E-state index in [1.54, 1.807) is 43.3 Å². The Labute approximate surface area is 209 Å². The molecule has 4 aromatic rings. The topological polar surface area (TPSA) is 78.7 Å². The predicted molar refractivity (Wildman–Crippen MR) is 136 cm³/mol. The van der Waals surface area contributed by atoms with Gasteiger partial charge in [-0.05, 0) is 43.3 Å². The van der Waals surface area contributed by atoms with Crippen molar-refractivity contribution in [3.63, 3.8) is 0 Å². The molecule has 2 aromatic heterocycles. The van der Waals surface area contributed by atoms with Crippen LogP contribution in [0.15, 0.2) is 71.1 Å². The second-order valence-corrected chi connectivity index (χ2v) is 10.0. The fraction of sp³-hybridized carbons (Fsp3) is 0.0833. The lowest BCUT2D eigenvalue weighted by molar-refractivity contribution is -0.115. The van der Waals surface area contributed by atoms with Crippen LogP contribution in [0.3, 0.4) is 0 Å². The Morgan fingerprint density at radius 3 is 2.18 bits per heavy atom. The zero-order valence-electron chi connectivity index (χ0n) is 17.3. The highest BCUT2D eigenvalue weighted by atomic mass is 35.5. The smallest absolute Gasteiger partial charge is 0.239 e. The number of benzene rings is 2. The number of hydrogen-bond acceptors (Lipinski definition) is 6. The first-order valence-electron chi connectivity index (χ1n) is 9.79. The quantitative estimate of drug-likeness (QED) is 0.278. The molecule has 0 spiro atoms. The largest absolute Gasteiger partial charge is 0.301 e. The van der Waals surface area contributed by atoms with E-state index in [1.807, 2.05) is 29.6 Å². The number of hydrogen-bond donors (Lipinski definition) is 1. The van der Waals surface area contributed by atoms with Crippen LogP contribution in [0.2, 0.25) is 10.0 Å². The molecule has 0 saturated carbocycles. The molecule has 0 saturated heterocycles. The molecule has 164 valence electrons. The predicted octanol–water partition coefficient (Wildman–Crippen LogP) is 7.17. The summed E-state index contributed by atoms with van der Waals surface area (Å²) in [5, 5.41) is 16.0. The van der Waals surface area contributed by atoms with Crippen LogP contribution < -0.4 is 5.32 Å². The molecule has 2 aromatic carbocycles. The van der Waals surface area contributed by atoms with Gasteiger partial charge in [0.2, 0.25) is 5.91 Å². The molecule has 4 rings (SSSR count). The molecule has 33 heavy (non-hydrogen) atoms. The maximum atomic E-state index is 12.8. The number of halogens is 2. The third-order valence-corrected chi connectivity index (χ3v) is 7.02. The molecule has 1 atom stereocenters. The van der Waals surface area contributed by atoms with E-state index in [4.69, 9.17) is 23.2 Å². The molecule has 5 nitrogen and oxygen atoms in total. The summed E-state index contributed by atoms with van der Waals surface area (Å²) in [5.74, 6) is -0.223. The molecular weight excluding hydrogens is 495 g/mol. The Morgan fingerprint density at radius 1 is 0.970 bits per heavy atom. The Hall–Kier alpha value is -2.89. The van der Waals surface area contributed by atoms with Gasteiger partial charge in [0.05, 0.1) is 22.2 Å². The number of carbonyl (C=O) groups excluding carboxylic acids is 1. The van der Waals surface area contributed by atoms with Gasteiger partial charge in [-0.15, -0.1) is 11.3 Å². The van der Waals surface area contributed by atoms with E-state index in [-0.39, 0.29) is 5.91 Å². The third-order valence-electron chi connectivity index (χ3n) is 4.65. The maximum absolute atomic E-state index is 12.8. The zero-order valence-corrected chi connectivity index (χ0v) is 20.4. The van der Waals surface area contributed by atoms with Crippen LogP contribution in [0.1, 0.15) is 12.5 Å². The number of anilines is 1. The van der Waals surface area contributed by atoms with Crippen molar-refractivity contribution >= 4 is 57.3 Å². The van der Waals surface area contributed by atoms with Crippen molar-refractivity contribution in [1.82, 2.24) is 9.97 Å². The van der Waals surface area contributed by atoms with Crippen LogP contribution in [-0.4, -0.2) is 21.1 Å². The Bertz CT molecular complexity index is 1330. The summed E-state index contributed by atoms with van der Waals surface area (Å²) in [6, 6.07) is 20.3. The van der Waals surface area contributed by atoms with E-state index in [1.165, 1.54) is 23.1 Å². The Kier molecular flexibility index (Phi) is 7.31. The number of thiazole rings is 1. The van der Waals surface area contributed by atoms with Gasteiger partial charge in [-0.2, -0.15) is 5.26 Å². The van der Waals surface area contributed by atoms with Crippen LogP contribution in [-0.2, 0) is 4.79 Å². The van der Waals surface area contributed by atoms with Crippen molar-refractivity contribution in [1.29, 1.82) is 5.26 Å². The number of nitrogens with zero attached hydrogens (tertiary/aromatic N) is 3. The summed E-state index contributed by atoms with van der Waals surface area (Å²) in [6.45, 7) is 1.77. The highest BCUT2D eigenvalue weighted by Crippen LogP contribution is 2.30. The molecule has 0 aliphatic heterocycles. The Balaban J connectivity index is 1.47. The first-order chi connectivity index (χ1) is 15.9. The molecule has 1 amide bonds. The van der Waals surface area contributed by atoms with Gasteiger partial charge >= 0.3 is 0 Å². The van der Waals surface area contributed by atoms with Gasteiger partial charge in [-0.25, -0.2) is 9.97 Å². The third kappa shape index (κ3) is 5.73. The minimum atomic E-state index is -0.493. The van der Waals surface area contributed by atoms with E-state index in [9.17, 15) is 10.1 Å². The normalized spacial score (nSPS) is 11.6. The molecule has 0 radical (unpaired) electrons. The first-order valence-corrected chi connectivity index (χ1v) is 12.3. The molecule has 9 heteroatoms. The second-order valence-electron chi connectivity index (χ2n) is 6.96. The highest BCUT2D eigenvalue weighted by Gasteiger charge is 2.19. The molecule has 0 bridgehead atoms. The summed E-state index contributed by atoms with van der Waals surface area (Å²) in [4.78, 5) is 21.9. The number of pyridine rings is 1. The number of carbonyl (C=O) groups is 1. The van der Waals surface area contributed by atoms with Gasteiger partial charge in [-0.3, -0.25) is 4.79 Å². The van der Waals surface area contributed by atoms with Crippen molar-refractivity contribution in [2.45, 2.75) is 17.2 Å². The summed E-state index contributed by atoms with van der Waals surface area (Å²) in [6.07, 6.45) is 0. The molecule has 2 heterocycles. The summed E-state index contributed by atoms with van der Waals surface area (Å²) in [7, 11) is 0. The summed E-state index contributed by atoms with van der Waals surface area (Å²) in [5.41, 5.74) is 3.67. The van der Waals surface area contributed by atoms with E-state index in [2.05, 4.69) is 21.4 Å². The molecule has 0 aliphatic carbocycles. The summed E-state index contributed by atoms with van der Waals surface area (Å²) < 4.78 is 0. The highest BCUT2D eigenvalue weighted by molar-refractivity contribution is 8.00. The zero-order chi connectivity index (χ0) is 23.4. The average Bonchev–Trinajstić information content (AvgIpc) is 3.28. The number of nitriles is 1.